The average molecular weight is 677 g/mol. The minimum absolute atomic E-state index is 0.106. The molecule has 0 radical (unpaired) electrons. The lowest BCUT2D eigenvalue weighted by molar-refractivity contribution is -0.169. The number of hydrogen-bond donors (Lipinski definition) is 3. The Kier molecular flexibility index (Phi) is 7.75. The first-order valence-corrected chi connectivity index (χ1v) is 18.9. The van der Waals surface area contributed by atoms with Crippen molar-refractivity contribution in [1.82, 2.24) is 19.8 Å². The molecule has 2 aliphatic carbocycles. The molecule has 9 atom stereocenters. The number of likely N-dealkylation sites (tertiary alicyclic amines) is 1. The Morgan fingerprint density at radius 2 is 1.88 bits per heavy atom. The number of nitrogens with zero attached hydrogens (tertiary/aromatic N) is 2. The van der Waals surface area contributed by atoms with Gasteiger partial charge in [0.05, 0.1) is 20.8 Å². The number of esters is 1. The van der Waals surface area contributed by atoms with Gasteiger partial charge in [-0.1, -0.05) is 43.2 Å². The molecule has 8 nitrogen and oxygen atoms in total. The van der Waals surface area contributed by atoms with Crippen LogP contribution in [0.3, 0.4) is 0 Å². The number of piperidine rings is 3. The maximum Gasteiger partial charge on any atom is 0.316 e. The van der Waals surface area contributed by atoms with Crippen LogP contribution in [0.4, 0.5) is 0 Å². The van der Waals surface area contributed by atoms with Gasteiger partial charge >= 0.3 is 5.97 Å². The van der Waals surface area contributed by atoms with E-state index in [2.05, 4.69) is 83.1 Å². The highest BCUT2D eigenvalue weighted by Crippen LogP contribution is 2.55. The summed E-state index contributed by atoms with van der Waals surface area (Å²) < 4.78 is 11.9. The Labute approximate surface area is 295 Å². The van der Waals surface area contributed by atoms with Crippen molar-refractivity contribution in [3.8, 4) is 5.75 Å². The SMILES string of the molecule is C/C=C1/CN(C)[C@H]2Cc3c([nH]c4ccccc34)[C@@H](c3cc4[nH]c5c(c4cc3OC)CCN3C[C@@H]4C[C@@H](CC)[C@H]3[C@H]5C4)C[C@H]1C2(CO)C(=O)OC. The molecule has 10 rings (SSSR count). The van der Waals surface area contributed by atoms with Gasteiger partial charge in [-0.2, -0.15) is 0 Å². The van der Waals surface area contributed by atoms with Gasteiger partial charge in [0, 0.05) is 88.2 Å². The monoisotopic (exact) mass is 676 g/mol. The lowest BCUT2D eigenvalue weighted by atomic mass is 9.58. The van der Waals surface area contributed by atoms with E-state index in [-0.39, 0.29) is 30.5 Å². The van der Waals surface area contributed by atoms with Crippen LogP contribution in [0.5, 0.6) is 5.75 Å². The number of carbonyl (C=O) groups is 1. The smallest absolute Gasteiger partial charge is 0.316 e. The number of aliphatic hydroxyl groups is 1. The zero-order valence-corrected chi connectivity index (χ0v) is 30.2. The highest BCUT2D eigenvalue weighted by atomic mass is 16.5. The van der Waals surface area contributed by atoms with E-state index in [4.69, 9.17) is 9.47 Å². The first-order valence-electron chi connectivity index (χ1n) is 18.9. The number of hydrogen-bond acceptors (Lipinski definition) is 6. The molecule has 1 saturated carbocycles. The van der Waals surface area contributed by atoms with Crippen molar-refractivity contribution in [3.05, 3.63) is 76.1 Å². The first kappa shape index (κ1) is 32.3. The number of carbonyl (C=O) groups excluding carboxylic acids is 1. The molecule has 8 heteroatoms. The van der Waals surface area contributed by atoms with E-state index in [0.717, 1.165) is 48.2 Å². The van der Waals surface area contributed by atoms with Crippen LogP contribution < -0.4 is 4.74 Å². The fourth-order valence-electron chi connectivity index (χ4n) is 12.0. The van der Waals surface area contributed by atoms with Gasteiger partial charge in [-0.05, 0) is 87.2 Å². The minimum Gasteiger partial charge on any atom is -0.496 e. The van der Waals surface area contributed by atoms with Gasteiger partial charge in [0.25, 0.3) is 0 Å². The summed E-state index contributed by atoms with van der Waals surface area (Å²) in [7, 11) is 5.34. The molecule has 2 aromatic carbocycles. The van der Waals surface area contributed by atoms with Crippen molar-refractivity contribution in [1.29, 1.82) is 0 Å². The molecule has 6 bridgehead atoms. The number of allylic oxidation sites excluding steroid dienone is 1. The Bertz CT molecular complexity index is 2010. The summed E-state index contributed by atoms with van der Waals surface area (Å²) in [5, 5.41) is 13.8. The Morgan fingerprint density at radius 3 is 2.64 bits per heavy atom. The summed E-state index contributed by atoms with van der Waals surface area (Å²) in [6.45, 7) is 7.29. The number of methoxy groups -OCH3 is 2. The average Bonchev–Trinajstić information content (AvgIpc) is 3.66. The van der Waals surface area contributed by atoms with Crippen LogP contribution in [0.2, 0.25) is 0 Å². The second-order valence-corrected chi connectivity index (χ2v) is 16.1. The maximum atomic E-state index is 14.1. The van der Waals surface area contributed by atoms with Gasteiger partial charge in [-0.15, -0.1) is 0 Å². The van der Waals surface area contributed by atoms with Gasteiger partial charge in [-0.3, -0.25) is 14.6 Å². The number of benzene rings is 2. The molecule has 6 aliphatic rings. The van der Waals surface area contributed by atoms with E-state index >= 15 is 0 Å². The number of H-pyrrole nitrogens is 2. The quantitative estimate of drug-likeness (QED) is 0.165. The minimum atomic E-state index is -1.11. The van der Waals surface area contributed by atoms with Crippen LogP contribution in [0.1, 0.15) is 79.4 Å². The fraction of sp³-hybridized carbons (Fsp3) is 0.548. The van der Waals surface area contributed by atoms with Gasteiger partial charge in [-0.25, -0.2) is 0 Å². The molecule has 3 N–H and O–H groups in total. The predicted molar refractivity (Wildman–Crippen MR) is 197 cm³/mol. The third-order valence-electron chi connectivity index (χ3n) is 14.1. The molecule has 264 valence electrons. The molecular weight excluding hydrogens is 624 g/mol. The summed E-state index contributed by atoms with van der Waals surface area (Å²) in [6, 6.07) is 13.6. The number of fused-ring (bicyclic) bond motifs is 9. The number of ether oxygens (including phenoxy) is 2. The summed E-state index contributed by atoms with van der Waals surface area (Å²) in [5.41, 5.74) is 8.77. The predicted octanol–water partition coefficient (Wildman–Crippen LogP) is 6.52. The topological polar surface area (TPSA) is 93.8 Å². The van der Waals surface area contributed by atoms with E-state index in [1.54, 1.807) is 7.11 Å². The molecule has 4 aromatic rings. The normalized spacial score (nSPS) is 34.2. The summed E-state index contributed by atoms with van der Waals surface area (Å²) in [6.07, 6.45) is 8.39. The Hall–Kier alpha value is -3.59. The molecule has 3 saturated heterocycles. The van der Waals surface area contributed by atoms with E-state index in [0.29, 0.717) is 24.8 Å². The van der Waals surface area contributed by atoms with Crippen molar-refractivity contribution >= 4 is 27.8 Å². The van der Waals surface area contributed by atoms with E-state index in [9.17, 15) is 9.90 Å². The number of aromatic nitrogens is 2. The zero-order valence-electron chi connectivity index (χ0n) is 30.2. The van der Waals surface area contributed by atoms with E-state index in [1.165, 1.54) is 77.3 Å². The fourth-order valence-corrected chi connectivity index (χ4v) is 12.0. The molecular formula is C42H52N4O4. The van der Waals surface area contributed by atoms with Crippen molar-refractivity contribution in [2.75, 3.05) is 47.5 Å². The Balaban J connectivity index is 1.25. The molecule has 50 heavy (non-hydrogen) atoms. The lowest BCUT2D eigenvalue weighted by Gasteiger charge is -2.53. The van der Waals surface area contributed by atoms with Gasteiger partial charge in [0.1, 0.15) is 11.2 Å². The standard InChI is InChI=1S/C42H52N4O4/c1-6-24-14-23-15-32-38-27(12-13-46(20-23)40(24)32)28-18-36(49-4)29(17-35(28)44-38)30-16-33-25(7-2)21-45(3)37(42(33,22-47)41(48)50-5)19-31-26-10-8-9-11-34(26)43-39(30)31/h7-11,17-18,23-24,30,32-33,37,40,43-44,47H,6,12-16,19-22H2,1-5H3/b25-7-/t23-,24-,30-,32+,33-,37+,40+,42?/m1/s1. The highest BCUT2D eigenvalue weighted by molar-refractivity contribution is 5.89. The number of likely N-dealkylation sites (N-methyl/N-ethyl adjacent to an activating group) is 1. The third-order valence-corrected chi connectivity index (χ3v) is 14.1. The van der Waals surface area contributed by atoms with Gasteiger partial charge in [0.15, 0.2) is 0 Å². The molecule has 4 aliphatic heterocycles. The van der Waals surface area contributed by atoms with Gasteiger partial charge < -0.3 is 24.5 Å². The number of aliphatic hydroxyl groups excluding tert-OH is 1. The number of rotatable bonds is 5. The second kappa shape index (κ2) is 12.0. The van der Waals surface area contributed by atoms with Crippen LogP contribution in [0.25, 0.3) is 21.8 Å². The molecule has 6 heterocycles. The van der Waals surface area contributed by atoms with Crippen molar-refractivity contribution in [2.24, 2.45) is 23.2 Å². The molecule has 0 spiro atoms. The number of aromatic amines is 2. The molecule has 0 amide bonds. The van der Waals surface area contributed by atoms with Gasteiger partial charge in [0.2, 0.25) is 0 Å². The Morgan fingerprint density at radius 1 is 1.06 bits per heavy atom. The lowest BCUT2D eigenvalue weighted by Crippen LogP contribution is -2.63. The summed E-state index contributed by atoms with van der Waals surface area (Å²) in [5.74, 6) is 2.33. The van der Waals surface area contributed by atoms with Crippen molar-refractivity contribution in [3.63, 3.8) is 0 Å². The van der Waals surface area contributed by atoms with Crippen LogP contribution in [0.15, 0.2) is 48.0 Å². The molecule has 2 unspecified atom stereocenters. The molecule has 2 aromatic heterocycles. The molecule has 4 fully saturated rings. The summed E-state index contributed by atoms with van der Waals surface area (Å²) >= 11 is 0. The van der Waals surface area contributed by atoms with E-state index in [1.807, 2.05) is 0 Å². The summed E-state index contributed by atoms with van der Waals surface area (Å²) in [4.78, 5) is 27.1. The third kappa shape index (κ3) is 4.43. The first-order chi connectivity index (χ1) is 24.3. The number of nitrogens with one attached hydrogen (secondary N) is 2. The second-order valence-electron chi connectivity index (χ2n) is 16.1. The van der Waals surface area contributed by atoms with E-state index < -0.39 is 5.41 Å². The zero-order chi connectivity index (χ0) is 34.5. The van der Waals surface area contributed by atoms with Crippen LogP contribution in [0, 0.1) is 23.2 Å². The maximum absolute atomic E-state index is 14.1. The van der Waals surface area contributed by atoms with Crippen molar-refractivity contribution in [2.45, 2.75) is 76.3 Å². The van der Waals surface area contributed by atoms with Crippen LogP contribution in [-0.2, 0) is 22.4 Å². The van der Waals surface area contributed by atoms with Crippen LogP contribution in [-0.4, -0.2) is 90.4 Å². The number of para-hydroxylation sites is 1. The van der Waals surface area contributed by atoms with Crippen LogP contribution >= 0.6 is 0 Å². The highest BCUT2D eigenvalue weighted by Gasteiger charge is 2.59. The van der Waals surface area contributed by atoms with Crippen molar-refractivity contribution < 1.29 is 19.4 Å². The largest absolute Gasteiger partial charge is 0.496 e.